The molecule has 130 valence electrons. The van der Waals surface area contributed by atoms with Gasteiger partial charge in [-0.2, -0.15) is 0 Å². The van der Waals surface area contributed by atoms with Crippen LogP contribution < -0.4 is 0 Å². The fourth-order valence-electron chi connectivity index (χ4n) is 3.11. The fraction of sp³-hybridized carbons (Fsp3) is 0.529. The van der Waals surface area contributed by atoms with E-state index in [-0.39, 0.29) is 5.91 Å². The summed E-state index contributed by atoms with van der Waals surface area (Å²) in [4.78, 5) is 26.4. The highest BCUT2D eigenvalue weighted by atomic mass is 35.5. The van der Waals surface area contributed by atoms with E-state index in [1.807, 2.05) is 25.2 Å². The number of hydrogen-bond acceptors (Lipinski definition) is 4. The maximum atomic E-state index is 12.5. The Bertz CT molecular complexity index is 729. The zero-order valence-electron chi connectivity index (χ0n) is 14.4. The highest BCUT2D eigenvalue weighted by Crippen LogP contribution is 2.18. The minimum atomic E-state index is 0.118. The molecule has 3 rings (SSSR count). The van der Waals surface area contributed by atoms with E-state index in [1.165, 1.54) is 0 Å². The van der Waals surface area contributed by atoms with E-state index in [4.69, 9.17) is 11.6 Å². The summed E-state index contributed by atoms with van der Waals surface area (Å²) in [5.41, 5.74) is 1.76. The smallest absolute Gasteiger partial charge is 0.236 e. The number of H-pyrrole nitrogens is 1. The molecule has 0 spiro atoms. The maximum Gasteiger partial charge on any atom is 0.236 e. The number of halogens is 1. The van der Waals surface area contributed by atoms with Gasteiger partial charge in [0.15, 0.2) is 0 Å². The normalized spacial score (nSPS) is 18.6. The number of amides is 1. The van der Waals surface area contributed by atoms with Crippen LogP contribution in [-0.4, -0.2) is 77.4 Å². The molecule has 0 unspecified atom stereocenters. The van der Waals surface area contributed by atoms with Crippen LogP contribution in [0.3, 0.4) is 0 Å². The Morgan fingerprint density at radius 3 is 2.92 bits per heavy atom. The van der Waals surface area contributed by atoms with Gasteiger partial charge in [-0.15, -0.1) is 0 Å². The molecule has 0 radical (unpaired) electrons. The largest absolute Gasteiger partial charge is 0.340 e. The van der Waals surface area contributed by atoms with Crippen molar-refractivity contribution in [3.63, 3.8) is 0 Å². The van der Waals surface area contributed by atoms with Gasteiger partial charge in [-0.3, -0.25) is 9.69 Å². The third-order valence-corrected chi connectivity index (χ3v) is 4.88. The molecule has 0 bridgehead atoms. The van der Waals surface area contributed by atoms with Crippen molar-refractivity contribution in [2.24, 2.45) is 0 Å². The van der Waals surface area contributed by atoms with Crippen LogP contribution in [0, 0.1) is 0 Å². The van der Waals surface area contributed by atoms with E-state index in [2.05, 4.69) is 33.9 Å². The van der Waals surface area contributed by atoms with Crippen molar-refractivity contribution in [3.8, 4) is 0 Å². The maximum absolute atomic E-state index is 12.5. The van der Waals surface area contributed by atoms with Crippen LogP contribution in [-0.2, 0) is 11.3 Å². The lowest BCUT2D eigenvalue weighted by atomic mass is 10.2. The van der Waals surface area contributed by atoms with Gasteiger partial charge >= 0.3 is 0 Å². The molecule has 1 atom stereocenters. The van der Waals surface area contributed by atoms with Crippen molar-refractivity contribution in [1.29, 1.82) is 0 Å². The van der Waals surface area contributed by atoms with Crippen LogP contribution in [0.25, 0.3) is 11.0 Å². The van der Waals surface area contributed by atoms with Crippen molar-refractivity contribution in [2.75, 3.05) is 40.8 Å². The number of hydrogen-bond donors (Lipinski definition) is 1. The molecule has 1 fully saturated rings. The van der Waals surface area contributed by atoms with Crippen LogP contribution >= 0.6 is 11.6 Å². The van der Waals surface area contributed by atoms with Crippen molar-refractivity contribution in [1.82, 2.24) is 24.7 Å². The molecular weight excluding hydrogens is 326 g/mol. The first kappa shape index (κ1) is 17.2. The monoisotopic (exact) mass is 349 g/mol. The van der Waals surface area contributed by atoms with Gasteiger partial charge in [-0.05, 0) is 38.7 Å². The average Bonchev–Trinajstić information content (AvgIpc) is 3.13. The number of carbonyl (C=O) groups is 1. The summed E-state index contributed by atoms with van der Waals surface area (Å²) in [5, 5.41) is 0.673. The Kier molecular flexibility index (Phi) is 5.08. The molecule has 1 aliphatic rings. The Hall–Kier alpha value is -1.63. The lowest BCUT2D eigenvalue weighted by Gasteiger charge is -2.22. The number of nitrogens with one attached hydrogen (secondary N) is 1. The summed E-state index contributed by atoms with van der Waals surface area (Å²) in [7, 11) is 6.01. The Morgan fingerprint density at radius 1 is 1.42 bits per heavy atom. The zero-order valence-corrected chi connectivity index (χ0v) is 15.2. The third kappa shape index (κ3) is 3.88. The van der Waals surface area contributed by atoms with Gasteiger partial charge in [0.25, 0.3) is 0 Å². The lowest BCUT2D eigenvalue weighted by molar-refractivity contribution is -0.131. The van der Waals surface area contributed by atoms with Crippen molar-refractivity contribution in [2.45, 2.75) is 19.0 Å². The molecule has 6 nitrogen and oxygen atoms in total. The second-order valence-corrected chi connectivity index (χ2v) is 7.17. The minimum absolute atomic E-state index is 0.118. The predicted octanol–water partition coefficient (Wildman–Crippen LogP) is 1.81. The number of likely N-dealkylation sites (tertiary alicyclic amines) is 1. The molecule has 0 aliphatic carbocycles. The molecule has 0 saturated carbocycles. The van der Waals surface area contributed by atoms with Crippen molar-refractivity contribution in [3.05, 3.63) is 29.0 Å². The molecule has 24 heavy (non-hydrogen) atoms. The molecule has 1 aliphatic heterocycles. The van der Waals surface area contributed by atoms with Gasteiger partial charge in [0.1, 0.15) is 5.82 Å². The fourth-order valence-corrected chi connectivity index (χ4v) is 3.28. The second-order valence-electron chi connectivity index (χ2n) is 6.74. The topological polar surface area (TPSA) is 55.5 Å². The van der Waals surface area contributed by atoms with E-state index >= 15 is 0 Å². The Balaban J connectivity index is 1.57. The van der Waals surface area contributed by atoms with E-state index in [9.17, 15) is 4.79 Å². The summed E-state index contributed by atoms with van der Waals surface area (Å²) >= 11 is 5.99. The van der Waals surface area contributed by atoms with Crippen LogP contribution in [0.2, 0.25) is 5.02 Å². The highest BCUT2D eigenvalue weighted by molar-refractivity contribution is 6.31. The van der Waals surface area contributed by atoms with Gasteiger partial charge in [-0.25, -0.2) is 4.98 Å². The Morgan fingerprint density at radius 2 is 2.21 bits per heavy atom. The van der Waals surface area contributed by atoms with Crippen LogP contribution in [0.4, 0.5) is 0 Å². The number of likely N-dealkylation sites (N-methyl/N-ethyl adjacent to an activating group) is 2. The molecule has 2 heterocycles. The van der Waals surface area contributed by atoms with Gasteiger partial charge in [-0.1, -0.05) is 11.6 Å². The molecule has 2 aromatic rings. The molecule has 1 saturated heterocycles. The summed E-state index contributed by atoms with van der Waals surface area (Å²) in [5.74, 6) is 0.892. The van der Waals surface area contributed by atoms with E-state index < -0.39 is 0 Å². The van der Waals surface area contributed by atoms with Gasteiger partial charge in [0.05, 0.1) is 24.1 Å². The molecule has 7 heteroatoms. The number of imidazole rings is 1. The van der Waals surface area contributed by atoms with Gasteiger partial charge < -0.3 is 14.8 Å². The van der Waals surface area contributed by atoms with Gasteiger partial charge in [0.2, 0.25) is 5.91 Å². The standard InChI is InChI=1S/C17H24ClN5O/c1-21(2)13-6-7-23(9-13)11-17(24)22(3)10-16-19-14-5-4-12(18)8-15(14)20-16/h4-5,8,13H,6-7,9-11H2,1-3H3,(H,19,20)/t13-/m1/s1. The number of rotatable bonds is 5. The van der Waals surface area contributed by atoms with Crippen molar-refractivity contribution >= 4 is 28.5 Å². The molecule has 1 aromatic carbocycles. The highest BCUT2D eigenvalue weighted by Gasteiger charge is 2.26. The number of aromatic nitrogens is 2. The van der Waals surface area contributed by atoms with E-state index in [0.717, 1.165) is 36.4 Å². The SMILES string of the molecule is CN(Cc1nc2ccc(Cl)cc2[nH]1)C(=O)CN1CC[C@@H](N(C)C)C1. The van der Waals surface area contributed by atoms with Crippen molar-refractivity contribution < 1.29 is 4.79 Å². The average molecular weight is 350 g/mol. The van der Waals surface area contributed by atoms with Crippen LogP contribution in [0.15, 0.2) is 18.2 Å². The van der Waals surface area contributed by atoms with Crippen LogP contribution in [0.5, 0.6) is 0 Å². The Labute approximate surface area is 147 Å². The number of benzene rings is 1. The third-order valence-electron chi connectivity index (χ3n) is 4.64. The lowest BCUT2D eigenvalue weighted by Crippen LogP contribution is -2.39. The van der Waals surface area contributed by atoms with E-state index in [1.54, 1.807) is 4.90 Å². The van der Waals surface area contributed by atoms with Gasteiger partial charge in [0, 0.05) is 31.2 Å². The molecular formula is C17H24ClN5O. The first-order valence-corrected chi connectivity index (χ1v) is 8.57. The minimum Gasteiger partial charge on any atom is -0.340 e. The number of fused-ring (bicyclic) bond motifs is 1. The molecule has 1 N–H and O–H groups in total. The summed E-state index contributed by atoms with van der Waals surface area (Å²) < 4.78 is 0. The summed E-state index contributed by atoms with van der Waals surface area (Å²) in [6.45, 7) is 2.87. The number of aromatic amines is 1. The number of nitrogens with zero attached hydrogens (tertiary/aromatic N) is 4. The summed E-state index contributed by atoms with van der Waals surface area (Å²) in [6.07, 6.45) is 1.12. The molecule has 1 aromatic heterocycles. The predicted molar refractivity (Wildman–Crippen MR) is 96.1 cm³/mol. The van der Waals surface area contributed by atoms with Crippen LogP contribution in [0.1, 0.15) is 12.2 Å². The first-order valence-electron chi connectivity index (χ1n) is 8.19. The first-order chi connectivity index (χ1) is 11.4. The number of carbonyl (C=O) groups excluding carboxylic acids is 1. The summed E-state index contributed by atoms with van der Waals surface area (Å²) in [6, 6.07) is 6.09. The molecule has 1 amide bonds. The second kappa shape index (κ2) is 7.09. The zero-order chi connectivity index (χ0) is 17.3. The van der Waals surface area contributed by atoms with E-state index in [0.29, 0.717) is 24.2 Å². The quantitative estimate of drug-likeness (QED) is 0.894.